The van der Waals surface area contributed by atoms with E-state index in [1.807, 2.05) is 49.4 Å². The van der Waals surface area contributed by atoms with E-state index in [2.05, 4.69) is 19.2 Å². The maximum atomic E-state index is 12.3. The number of aryl methyl sites for hydroxylation is 1. The molecule has 0 aliphatic heterocycles. The molecule has 2 aromatic rings. The quantitative estimate of drug-likeness (QED) is 0.745. The molecule has 0 aliphatic carbocycles. The van der Waals surface area contributed by atoms with Crippen molar-refractivity contribution in [1.29, 1.82) is 0 Å². The van der Waals surface area contributed by atoms with E-state index in [0.29, 0.717) is 19.0 Å². The Bertz CT molecular complexity index is 813. The Labute approximate surface area is 167 Å². The molecule has 0 unspecified atom stereocenters. The van der Waals surface area contributed by atoms with Crippen LogP contribution in [0.5, 0.6) is 5.75 Å². The number of hydrogen-bond donors (Lipinski definition) is 1. The monoisotopic (exact) mass is 382 g/mol. The Hall–Kier alpha value is -2.82. The minimum Gasteiger partial charge on any atom is -0.497 e. The molecule has 28 heavy (non-hydrogen) atoms. The van der Waals surface area contributed by atoms with Crippen LogP contribution >= 0.6 is 0 Å². The van der Waals surface area contributed by atoms with Crippen LogP contribution in [-0.4, -0.2) is 25.5 Å². The first kappa shape index (κ1) is 21.5. The lowest BCUT2D eigenvalue weighted by Crippen LogP contribution is -2.35. The van der Waals surface area contributed by atoms with Gasteiger partial charge in [-0.3, -0.25) is 9.59 Å². The molecule has 2 rings (SSSR count). The van der Waals surface area contributed by atoms with Gasteiger partial charge in [-0.15, -0.1) is 0 Å². The maximum absolute atomic E-state index is 12.3. The van der Waals surface area contributed by atoms with Crippen molar-refractivity contribution in [1.82, 2.24) is 5.32 Å². The molecule has 0 aliphatic rings. The van der Waals surface area contributed by atoms with E-state index < -0.39 is 0 Å². The highest BCUT2D eigenvalue weighted by atomic mass is 16.5. The normalized spacial score (nSPS) is 10.6. The molecular weight excluding hydrogens is 352 g/mol. The number of hydrogen-bond acceptors (Lipinski definition) is 3. The van der Waals surface area contributed by atoms with E-state index >= 15 is 0 Å². The van der Waals surface area contributed by atoms with Gasteiger partial charge in [0.15, 0.2) is 0 Å². The third-order valence-corrected chi connectivity index (χ3v) is 4.75. The predicted molar refractivity (Wildman–Crippen MR) is 113 cm³/mol. The molecule has 0 fully saturated rings. The summed E-state index contributed by atoms with van der Waals surface area (Å²) < 4.78 is 5.14. The molecule has 0 aromatic heterocycles. The van der Waals surface area contributed by atoms with Crippen molar-refractivity contribution in [2.45, 2.75) is 46.6 Å². The molecule has 0 spiro atoms. The zero-order valence-corrected chi connectivity index (χ0v) is 17.4. The van der Waals surface area contributed by atoms with E-state index in [1.165, 1.54) is 0 Å². The topological polar surface area (TPSA) is 58.6 Å². The van der Waals surface area contributed by atoms with Crippen LogP contribution in [0.4, 0.5) is 5.69 Å². The fraction of sp³-hybridized carbons (Fsp3) is 0.391. The maximum Gasteiger partial charge on any atom is 0.223 e. The summed E-state index contributed by atoms with van der Waals surface area (Å²) in [4.78, 5) is 26.4. The average Bonchev–Trinajstić information content (AvgIpc) is 2.67. The lowest BCUT2D eigenvalue weighted by atomic mass is 9.97. The van der Waals surface area contributed by atoms with Crippen LogP contribution in [0.1, 0.15) is 49.8 Å². The van der Waals surface area contributed by atoms with Crippen molar-refractivity contribution in [2.75, 3.05) is 18.6 Å². The Balaban J connectivity index is 2.02. The highest BCUT2D eigenvalue weighted by molar-refractivity contribution is 5.94. The number of carbonyl (C=O) groups excluding carboxylic acids is 2. The van der Waals surface area contributed by atoms with Crippen molar-refractivity contribution in [3.8, 4) is 5.75 Å². The first-order valence-electron chi connectivity index (χ1n) is 9.60. The van der Waals surface area contributed by atoms with E-state index in [1.54, 1.807) is 18.9 Å². The van der Waals surface area contributed by atoms with Crippen molar-refractivity contribution in [3.63, 3.8) is 0 Å². The molecule has 0 atom stereocenters. The summed E-state index contributed by atoms with van der Waals surface area (Å²) in [5.74, 6) is 0.938. The highest BCUT2D eigenvalue weighted by Gasteiger charge is 2.20. The number of methoxy groups -OCH3 is 1. The van der Waals surface area contributed by atoms with Gasteiger partial charge in [-0.1, -0.05) is 44.2 Å². The second-order valence-corrected chi connectivity index (χ2v) is 7.21. The third-order valence-electron chi connectivity index (χ3n) is 4.75. The lowest BCUT2D eigenvalue weighted by Gasteiger charge is -2.27. The molecule has 1 N–H and O–H groups in total. The Morgan fingerprint density at radius 1 is 1.11 bits per heavy atom. The van der Waals surface area contributed by atoms with Gasteiger partial charge in [-0.25, -0.2) is 0 Å². The van der Waals surface area contributed by atoms with Gasteiger partial charge in [-0.05, 0) is 41.7 Å². The summed E-state index contributed by atoms with van der Waals surface area (Å²) in [7, 11) is 1.62. The first-order chi connectivity index (χ1) is 13.3. The highest BCUT2D eigenvalue weighted by Crippen LogP contribution is 2.31. The van der Waals surface area contributed by atoms with Crippen LogP contribution < -0.4 is 15.0 Å². The minimum atomic E-state index is -0.0817. The van der Waals surface area contributed by atoms with Gasteiger partial charge < -0.3 is 15.0 Å². The van der Waals surface area contributed by atoms with Crippen molar-refractivity contribution < 1.29 is 14.3 Å². The second kappa shape index (κ2) is 9.93. The predicted octanol–water partition coefficient (Wildman–Crippen LogP) is 4.19. The van der Waals surface area contributed by atoms with Gasteiger partial charge in [0.2, 0.25) is 11.8 Å². The van der Waals surface area contributed by atoms with E-state index in [-0.39, 0.29) is 18.2 Å². The van der Waals surface area contributed by atoms with Gasteiger partial charge in [0.05, 0.1) is 7.11 Å². The lowest BCUT2D eigenvalue weighted by molar-refractivity contribution is -0.121. The number of para-hydroxylation sites is 1. The molecule has 2 amide bonds. The fourth-order valence-corrected chi connectivity index (χ4v) is 3.19. The number of rotatable bonds is 8. The van der Waals surface area contributed by atoms with Gasteiger partial charge in [0.1, 0.15) is 5.75 Å². The minimum absolute atomic E-state index is 0.0563. The Morgan fingerprint density at radius 2 is 1.79 bits per heavy atom. The van der Waals surface area contributed by atoms with E-state index in [9.17, 15) is 9.59 Å². The SMILES string of the molecule is COc1ccc(CNC(=O)CCN(C(C)=O)c2c(C)cccc2C(C)C)cc1. The van der Waals surface area contributed by atoms with Gasteiger partial charge in [0.25, 0.3) is 0 Å². The molecular formula is C23H30N2O3. The number of amides is 2. The number of carbonyl (C=O) groups is 2. The number of nitrogens with zero attached hydrogens (tertiary/aromatic N) is 1. The van der Waals surface area contributed by atoms with Crippen LogP contribution in [0.25, 0.3) is 0 Å². The average molecular weight is 383 g/mol. The van der Waals surface area contributed by atoms with Crippen molar-refractivity contribution in [2.24, 2.45) is 0 Å². The molecule has 0 radical (unpaired) electrons. The van der Waals surface area contributed by atoms with Crippen LogP contribution in [-0.2, 0) is 16.1 Å². The molecule has 0 saturated carbocycles. The van der Waals surface area contributed by atoms with Crippen molar-refractivity contribution in [3.05, 3.63) is 59.2 Å². The summed E-state index contributed by atoms with van der Waals surface area (Å²) in [6.07, 6.45) is 0.252. The number of ether oxygens (including phenoxy) is 1. The molecule has 2 aromatic carbocycles. The largest absolute Gasteiger partial charge is 0.497 e. The summed E-state index contributed by atoms with van der Waals surface area (Å²) in [6.45, 7) is 8.57. The van der Waals surface area contributed by atoms with E-state index in [0.717, 1.165) is 28.1 Å². The summed E-state index contributed by atoms with van der Waals surface area (Å²) in [5.41, 5.74) is 4.08. The van der Waals surface area contributed by atoms with Gasteiger partial charge >= 0.3 is 0 Å². The summed E-state index contributed by atoms with van der Waals surface area (Å²) >= 11 is 0. The van der Waals surface area contributed by atoms with Gasteiger partial charge in [0, 0.05) is 32.1 Å². The smallest absolute Gasteiger partial charge is 0.223 e. The first-order valence-corrected chi connectivity index (χ1v) is 9.60. The fourth-order valence-electron chi connectivity index (χ4n) is 3.19. The van der Waals surface area contributed by atoms with Crippen molar-refractivity contribution >= 4 is 17.5 Å². The standard InChI is InChI=1S/C23H30N2O3/c1-16(2)21-8-6-7-17(3)23(21)25(18(4)26)14-13-22(27)24-15-19-9-11-20(28-5)12-10-19/h6-12,16H,13-15H2,1-5H3,(H,24,27). The van der Waals surface area contributed by atoms with Gasteiger partial charge in [-0.2, -0.15) is 0 Å². The van der Waals surface area contributed by atoms with Crippen LogP contribution in [0, 0.1) is 6.92 Å². The Kier molecular flexibility index (Phi) is 7.61. The molecule has 5 heteroatoms. The summed E-state index contributed by atoms with van der Waals surface area (Å²) in [5, 5.41) is 2.92. The molecule has 5 nitrogen and oxygen atoms in total. The molecule has 0 bridgehead atoms. The number of anilines is 1. The summed E-state index contributed by atoms with van der Waals surface area (Å²) in [6, 6.07) is 13.6. The molecule has 0 heterocycles. The van der Waals surface area contributed by atoms with Crippen LogP contribution in [0.3, 0.4) is 0 Å². The van der Waals surface area contributed by atoms with Crippen LogP contribution in [0.2, 0.25) is 0 Å². The molecule has 150 valence electrons. The second-order valence-electron chi connectivity index (χ2n) is 7.21. The number of benzene rings is 2. The Morgan fingerprint density at radius 3 is 2.36 bits per heavy atom. The molecule has 0 saturated heterocycles. The van der Waals surface area contributed by atoms with E-state index in [4.69, 9.17) is 4.74 Å². The zero-order chi connectivity index (χ0) is 20.7. The zero-order valence-electron chi connectivity index (χ0n) is 17.4. The number of nitrogens with one attached hydrogen (secondary N) is 1. The third kappa shape index (κ3) is 5.59. The van der Waals surface area contributed by atoms with Crippen LogP contribution in [0.15, 0.2) is 42.5 Å².